The zero-order chi connectivity index (χ0) is 65.8. The fraction of sp³-hybridized carbons (Fsp3) is 0.594. The Hall–Kier alpha value is -8.36. The average molecular weight is 1270 g/mol. The quantitative estimate of drug-likeness (QED) is 0.0664. The van der Waals surface area contributed by atoms with Crippen molar-refractivity contribution in [3.8, 4) is 0 Å². The third kappa shape index (κ3) is 17.4. The Kier molecular flexibility index (Phi) is 23.1. The van der Waals surface area contributed by atoms with Gasteiger partial charge in [0.1, 0.15) is 65.9 Å². The molecule has 0 spiro atoms. The summed E-state index contributed by atoms with van der Waals surface area (Å²) in [6, 6.07) is 7.39. The summed E-state index contributed by atoms with van der Waals surface area (Å²) in [6.45, 7) is 9.05. The Bertz CT molecular complexity index is 3320. The van der Waals surface area contributed by atoms with Crippen LogP contribution in [0.25, 0.3) is 21.8 Å². The lowest BCUT2D eigenvalue weighted by molar-refractivity contribution is -0.140. The second-order valence-electron chi connectivity index (χ2n) is 25.3. The van der Waals surface area contributed by atoms with Crippen LogP contribution in [0.5, 0.6) is 0 Å². The summed E-state index contributed by atoms with van der Waals surface area (Å²) in [4.78, 5) is 144. The van der Waals surface area contributed by atoms with Gasteiger partial charge in [0.2, 0.25) is 35.4 Å². The fourth-order valence-electron chi connectivity index (χ4n) is 12.4. The highest BCUT2D eigenvalue weighted by Crippen LogP contribution is 2.31. The number of carboxylic acid groups (broad SMARTS) is 1. The fourth-order valence-corrected chi connectivity index (χ4v) is 12.4. The highest BCUT2D eigenvalue weighted by atomic mass is 19.1. The second-order valence-corrected chi connectivity index (χ2v) is 25.3. The van der Waals surface area contributed by atoms with Crippen molar-refractivity contribution in [3.63, 3.8) is 0 Å². The first-order valence-electron chi connectivity index (χ1n) is 31.7. The molecule has 0 radical (unpaired) electrons. The van der Waals surface area contributed by atoms with E-state index >= 15 is 0 Å². The molecular weight excluding hydrogens is 1180 g/mol. The first-order valence-corrected chi connectivity index (χ1v) is 31.7. The van der Waals surface area contributed by atoms with Gasteiger partial charge in [0.05, 0.1) is 13.2 Å². The number of nitrogens with zero attached hydrogens (tertiary/aromatic N) is 8. The molecule has 4 fully saturated rings. The zero-order valence-electron chi connectivity index (χ0n) is 53.2. The second kappa shape index (κ2) is 30.6. The van der Waals surface area contributed by atoms with Crippen LogP contribution in [0.1, 0.15) is 120 Å². The van der Waals surface area contributed by atoms with E-state index in [2.05, 4.69) is 21.3 Å². The number of amides is 10. The average Bonchev–Trinajstić information content (AvgIpc) is 1.67. The summed E-state index contributed by atoms with van der Waals surface area (Å²) in [6.07, 6.45) is 6.63. The van der Waals surface area contributed by atoms with Gasteiger partial charge in [-0.15, -0.1) is 0 Å². The lowest BCUT2D eigenvalue weighted by Crippen LogP contribution is -2.60. The molecule has 2 aromatic heterocycles. The van der Waals surface area contributed by atoms with Crippen molar-refractivity contribution >= 4 is 81.2 Å². The van der Waals surface area contributed by atoms with Crippen LogP contribution >= 0.6 is 0 Å². The largest absolute Gasteiger partial charge is 0.465 e. The normalized spacial score (nSPS) is 17.4. The Morgan fingerprint density at radius 3 is 1.31 bits per heavy atom. The van der Waals surface area contributed by atoms with Crippen LogP contribution in [0.15, 0.2) is 48.5 Å². The third-order valence-corrected chi connectivity index (χ3v) is 17.9. The van der Waals surface area contributed by atoms with Crippen LogP contribution in [0, 0.1) is 23.5 Å². The van der Waals surface area contributed by atoms with E-state index in [1.165, 1.54) is 83.6 Å². The summed E-state index contributed by atoms with van der Waals surface area (Å²) in [7, 11) is 2.76. The molecular formula is C64H88F2N12O13. The van der Waals surface area contributed by atoms with Crippen molar-refractivity contribution in [1.29, 1.82) is 0 Å². The Morgan fingerprint density at radius 1 is 0.560 bits per heavy atom. The summed E-state index contributed by atoms with van der Waals surface area (Å²) >= 11 is 0. The maximum atomic E-state index is 14.6. The SMILES string of the molecule is C[C@@H](C(=O)N[C@H](C(=O)N1CCN(C(=O)c2cc3cc(F)ccc3n2CC(=O)NCCOCCNC(=O)Cn2c(C(=O)N3CCN(C(=O)[C@@H](NC(=O)[C@H](C)N(C)C(=O)OC(C)(C)C)C4CCCCC4)CC3)cc3cc(F)ccc32)CC1)C1CCCCC1)N(C)C(=O)O. The molecule has 4 aliphatic rings. The van der Waals surface area contributed by atoms with E-state index in [0.29, 0.717) is 21.8 Å². The molecule has 2 saturated carbocycles. The van der Waals surface area contributed by atoms with Gasteiger partial charge in [-0.3, -0.25) is 48.2 Å². The van der Waals surface area contributed by atoms with Crippen LogP contribution in [0.4, 0.5) is 18.4 Å². The number of aromatic nitrogens is 2. The van der Waals surface area contributed by atoms with Crippen molar-refractivity contribution in [1.82, 2.24) is 59.8 Å². The molecule has 0 unspecified atom stereocenters. The number of halogens is 2. The number of carbonyl (C=O) groups excluding carboxylic acids is 9. The van der Waals surface area contributed by atoms with Gasteiger partial charge in [0.15, 0.2) is 0 Å². The van der Waals surface area contributed by atoms with Crippen LogP contribution in [0.2, 0.25) is 0 Å². The zero-order valence-corrected chi connectivity index (χ0v) is 53.2. The molecule has 10 amide bonds. The Morgan fingerprint density at radius 2 is 0.934 bits per heavy atom. The standard InChI is InChI=1S/C64H88F2N12O13/c1-40(71(6)62(87)88)56(81)69-54(42-14-10-8-11-15-42)60(85)75-28-24-73(25-29-75)58(83)50-36-44-34-46(65)18-20-48(44)77(50)38-52(79)67-22-32-90-33-23-68-53(80)39-78-49-21-19-47(66)35-45(49)37-51(78)59(84)74-26-30-76(31-27-74)61(86)55(43-16-12-9-13-17-43)70-57(82)41(2)72(7)63(89)91-64(3,4)5/h18-21,34-37,40-43,54-55H,8-17,22-33,38-39H2,1-7H3,(H,67,79)(H,68,80)(H,69,81)(H,70,82)(H,87,88)/t40-,41-,54-,55-/m0/s1. The number of nitrogens with one attached hydrogen (secondary N) is 4. The third-order valence-electron chi connectivity index (χ3n) is 17.9. The van der Waals surface area contributed by atoms with E-state index in [-0.39, 0.29) is 127 Å². The molecule has 4 aromatic rings. The number of hydrogen-bond donors (Lipinski definition) is 5. The van der Waals surface area contributed by atoms with Gasteiger partial charge in [-0.2, -0.15) is 0 Å². The monoisotopic (exact) mass is 1270 g/mol. The predicted octanol–water partition coefficient (Wildman–Crippen LogP) is 4.78. The minimum Gasteiger partial charge on any atom is -0.465 e. The number of rotatable bonds is 22. The highest BCUT2D eigenvalue weighted by Gasteiger charge is 2.40. The van der Waals surface area contributed by atoms with Crippen molar-refractivity contribution in [2.45, 2.75) is 142 Å². The van der Waals surface area contributed by atoms with Crippen molar-refractivity contribution in [3.05, 3.63) is 71.6 Å². The first-order chi connectivity index (χ1) is 43.3. The van der Waals surface area contributed by atoms with E-state index < -0.39 is 89.0 Å². The molecule has 2 aromatic carbocycles. The minimum atomic E-state index is -1.28. The van der Waals surface area contributed by atoms with Gasteiger partial charge >= 0.3 is 12.2 Å². The van der Waals surface area contributed by atoms with E-state index in [1.54, 1.807) is 47.3 Å². The Balaban J connectivity index is 0.806. The molecule has 2 aliphatic heterocycles. The lowest BCUT2D eigenvalue weighted by atomic mass is 9.83. The lowest BCUT2D eigenvalue weighted by Gasteiger charge is -2.39. The van der Waals surface area contributed by atoms with Gasteiger partial charge < -0.3 is 64.6 Å². The number of carbonyl (C=O) groups is 10. The van der Waals surface area contributed by atoms with E-state index in [9.17, 15) is 61.8 Å². The van der Waals surface area contributed by atoms with Gasteiger partial charge in [0, 0.05) is 101 Å². The molecule has 2 aliphatic carbocycles. The molecule has 4 atom stereocenters. The minimum absolute atomic E-state index is 0.0472. The molecule has 2 saturated heterocycles. The van der Waals surface area contributed by atoms with Gasteiger partial charge in [-0.25, -0.2) is 18.4 Å². The predicted molar refractivity (Wildman–Crippen MR) is 331 cm³/mol. The molecule has 0 bridgehead atoms. The summed E-state index contributed by atoms with van der Waals surface area (Å²) in [5.74, 6) is -4.74. The molecule has 4 heterocycles. The topological polar surface area (TPSA) is 287 Å². The molecule has 8 rings (SSSR count). The van der Waals surface area contributed by atoms with Crippen molar-refractivity contribution < 1.29 is 71.3 Å². The van der Waals surface area contributed by atoms with Gasteiger partial charge in [-0.1, -0.05) is 38.5 Å². The number of fused-ring (bicyclic) bond motifs is 2. The molecule has 5 N–H and O–H groups in total. The summed E-state index contributed by atoms with van der Waals surface area (Å²) < 4.78 is 43.3. The smallest absolute Gasteiger partial charge is 0.410 e. The van der Waals surface area contributed by atoms with Crippen molar-refractivity contribution in [2.75, 3.05) is 92.8 Å². The van der Waals surface area contributed by atoms with Crippen LogP contribution in [-0.2, 0) is 51.3 Å². The molecule has 91 heavy (non-hydrogen) atoms. The van der Waals surface area contributed by atoms with Crippen molar-refractivity contribution in [2.24, 2.45) is 11.8 Å². The maximum Gasteiger partial charge on any atom is 0.410 e. The van der Waals surface area contributed by atoms with E-state index in [1.807, 2.05) is 0 Å². The number of ether oxygens (including phenoxy) is 2. The highest BCUT2D eigenvalue weighted by molar-refractivity contribution is 6.01. The number of benzene rings is 2. The number of hydrogen-bond acceptors (Lipinski definition) is 12. The van der Waals surface area contributed by atoms with Gasteiger partial charge in [-0.05, 0) is 121 Å². The number of piperazine rings is 2. The molecule has 25 nitrogen and oxygen atoms in total. The maximum absolute atomic E-state index is 14.6. The molecule has 27 heteroatoms. The van der Waals surface area contributed by atoms with Crippen LogP contribution in [0.3, 0.4) is 0 Å². The van der Waals surface area contributed by atoms with E-state index in [4.69, 9.17) is 9.47 Å². The van der Waals surface area contributed by atoms with Gasteiger partial charge in [0.25, 0.3) is 11.8 Å². The van der Waals surface area contributed by atoms with Crippen LogP contribution < -0.4 is 21.3 Å². The summed E-state index contributed by atoms with van der Waals surface area (Å²) in [5.41, 5.74) is 0.401. The first kappa shape index (κ1) is 68.5. The Labute approximate surface area is 528 Å². The van der Waals surface area contributed by atoms with Crippen LogP contribution in [-0.4, -0.2) is 226 Å². The number of likely N-dealkylation sites (N-methyl/N-ethyl adjacent to an activating group) is 2. The van der Waals surface area contributed by atoms with E-state index in [0.717, 1.165) is 69.1 Å². The summed E-state index contributed by atoms with van der Waals surface area (Å²) in [5, 5.41) is 21.6. The molecule has 496 valence electrons.